The lowest BCUT2D eigenvalue weighted by Gasteiger charge is -2.28. The highest BCUT2D eigenvalue weighted by molar-refractivity contribution is 7.98. The number of thioether (sulfide) groups is 1. The van der Waals surface area contributed by atoms with Crippen LogP contribution in [0.2, 0.25) is 0 Å². The normalized spacial score (nSPS) is 18.7. The van der Waals surface area contributed by atoms with Crippen molar-refractivity contribution in [3.63, 3.8) is 0 Å². The van der Waals surface area contributed by atoms with Crippen LogP contribution in [0.5, 0.6) is 0 Å². The van der Waals surface area contributed by atoms with E-state index in [1.807, 2.05) is 11.8 Å². The molecule has 0 radical (unpaired) electrons. The van der Waals surface area contributed by atoms with Gasteiger partial charge in [0.05, 0.1) is 0 Å². The fourth-order valence-electron chi connectivity index (χ4n) is 1.17. The zero-order valence-electron chi connectivity index (χ0n) is 9.58. The van der Waals surface area contributed by atoms with Gasteiger partial charge in [-0.25, -0.2) is 0 Å². The third kappa shape index (κ3) is 5.55. The van der Waals surface area contributed by atoms with Gasteiger partial charge in [0.1, 0.15) is 0 Å². The van der Waals surface area contributed by atoms with Crippen molar-refractivity contribution in [3.8, 4) is 0 Å². The standard InChI is InChI=1S/C10H24N2S/c1-8(10(3)11)6-12(4)9(2)7-13-5/h8-10H,6-7,11H2,1-5H3. The Morgan fingerprint density at radius 3 is 2.23 bits per heavy atom. The van der Waals surface area contributed by atoms with Crippen molar-refractivity contribution in [1.82, 2.24) is 4.90 Å². The topological polar surface area (TPSA) is 29.3 Å². The van der Waals surface area contributed by atoms with E-state index in [1.165, 1.54) is 5.75 Å². The Bertz CT molecular complexity index is 128. The summed E-state index contributed by atoms with van der Waals surface area (Å²) in [5.74, 6) is 1.77. The summed E-state index contributed by atoms with van der Waals surface area (Å²) in [5.41, 5.74) is 5.83. The first kappa shape index (κ1) is 13.3. The summed E-state index contributed by atoms with van der Waals surface area (Å²) in [6, 6.07) is 0.945. The molecule has 0 aromatic carbocycles. The third-order valence-electron chi connectivity index (χ3n) is 2.63. The van der Waals surface area contributed by atoms with Gasteiger partial charge >= 0.3 is 0 Å². The third-order valence-corrected chi connectivity index (χ3v) is 3.45. The second-order valence-electron chi connectivity index (χ2n) is 4.08. The molecule has 0 aliphatic carbocycles. The van der Waals surface area contributed by atoms with Crippen LogP contribution in [0.1, 0.15) is 20.8 Å². The predicted molar refractivity (Wildman–Crippen MR) is 63.3 cm³/mol. The molecule has 3 unspecified atom stereocenters. The van der Waals surface area contributed by atoms with Crippen molar-refractivity contribution in [2.45, 2.75) is 32.9 Å². The molecule has 80 valence electrons. The molecular weight excluding hydrogens is 180 g/mol. The Kier molecular flexibility index (Phi) is 6.82. The number of nitrogens with two attached hydrogens (primary N) is 1. The monoisotopic (exact) mass is 204 g/mol. The highest BCUT2D eigenvalue weighted by atomic mass is 32.2. The lowest BCUT2D eigenvalue weighted by atomic mass is 10.0. The second-order valence-corrected chi connectivity index (χ2v) is 4.99. The van der Waals surface area contributed by atoms with Crippen molar-refractivity contribution in [1.29, 1.82) is 0 Å². The number of nitrogens with zero attached hydrogens (tertiary/aromatic N) is 1. The highest BCUT2D eigenvalue weighted by Crippen LogP contribution is 2.08. The van der Waals surface area contributed by atoms with Gasteiger partial charge in [-0.15, -0.1) is 0 Å². The average molecular weight is 204 g/mol. The molecule has 0 fully saturated rings. The van der Waals surface area contributed by atoms with Crippen LogP contribution >= 0.6 is 11.8 Å². The van der Waals surface area contributed by atoms with Crippen molar-refractivity contribution in [2.24, 2.45) is 11.7 Å². The largest absolute Gasteiger partial charge is 0.328 e. The zero-order valence-corrected chi connectivity index (χ0v) is 10.4. The number of rotatable bonds is 6. The molecule has 0 aromatic heterocycles. The molecule has 0 spiro atoms. The molecule has 0 saturated carbocycles. The summed E-state index contributed by atoms with van der Waals surface area (Å²) in [4.78, 5) is 2.39. The SMILES string of the molecule is CSCC(C)N(C)CC(C)C(C)N. The Morgan fingerprint density at radius 1 is 1.31 bits per heavy atom. The van der Waals surface area contributed by atoms with Crippen LogP contribution in [0.15, 0.2) is 0 Å². The van der Waals surface area contributed by atoms with Crippen LogP contribution in [-0.4, -0.2) is 42.6 Å². The Labute approximate surface area is 87.2 Å². The van der Waals surface area contributed by atoms with Gasteiger partial charge in [-0.3, -0.25) is 0 Å². The maximum Gasteiger partial charge on any atom is 0.0155 e. The summed E-state index contributed by atoms with van der Waals surface area (Å²) in [6.45, 7) is 7.66. The molecule has 3 atom stereocenters. The molecule has 13 heavy (non-hydrogen) atoms. The van der Waals surface area contributed by atoms with Gasteiger partial charge < -0.3 is 10.6 Å². The molecule has 0 heterocycles. The lowest BCUT2D eigenvalue weighted by molar-refractivity contribution is 0.228. The number of hydrogen-bond donors (Lipinski definition) is 1. The first-order valence-electron chi connectivity index (χ1n) is 4.93. The summed E-state index contributed by atoms with van der Waals surface area (Å²) >= 11 is 1.90. The first-order chi connectivity index (χ1) is 5.99. The van der Waals surface area contributed by atoms with E-state index in [-0.39, 0.29) is 0 Å². The molecule has 0 aliphatic rings. The minimum Gasteiger partial charge on any atom is -0.328 e. The van der Waals surface area contributed by atoms with Crippen LogP contribution in [0, 0.1) is 5.92 Å². The Balaban J connectivity index is 3.77. The Hall–Kier alpha value is 0.270. The van der Waals surface area contributed by atoms with Gasteiger partial charge in [-0.2, -0.15) is 11.8 Å². The van der Waals surface area contributed by atoms with Gasteiger partial charge in [0.2, 0.25) is 0 Å². The van der Waals surface area contributed by atoms with Crippen LogP contribution in [0.3, 0.4) is 0 Å². The van der Waals surface area contributed by atoms with E-state index in [1.54, 1.807) is 0 Å². The fraction of sp³-hybridized carbons (Fsp3) is 1.00. The van der Waals surface area contributed by atoms with Crippen molar-refractivity contribution in [2.75, 3.05) is 25.6 Å². The number of hydrogen-bond acceptors (Lipinski definition) is 3. The first-order valence-corrected chi connectivity index (χ1v) is 6.33. The Morgan fingerprint density at radius 2 is 1.85 bits per heavy atom. The summed E-state index contributed by atoms with van der Waals surface area (Å²) in [7, 11) is 2.18. The maximum atomic E-state index is 5.83. The van der Waals surface area contributed by atoms with Crippen LogP contribution < -0.4 is 5.73 Å². The van der Waals surface area contributed by atoms with Gasteiger partial charge in [0, 0.05) is 24.4 Å². The van der Waals surface area contributed by atoms with Crippen LogP contribution in [0.4, 0.5) is 0 Å². The average Bonchev–Trinajstić information content (AvgIpc) is 2.04. The van der Waals surface area contributed by atoms with Gasteiger partial charge in [0.25, 0.3) is 0 Å². The van der Waals surface area contributed by atoms with Crippen molar-refractivity contribution in [3.05, 3.63) is 0 Å². The molecule has 0 aliphatic heterocycles. The quantitative estimate of drug-likeness (QED) is 0.713. The molecule has 2 nitrogen and oxygen atoms in total. The predicted octanol–water partition coefficient (Wildman–Crippen LogP) is 1.65. The van der Waals surface area contributed by atoms with E-state index in [4.69, 9.17) is 5.73 Å². The lowest BCUT2D eigenvalue weighted by Crippen LogP contribution is -2.39. The molecule has 0 rings (SSSR count). The van der Waals surface area contributed by atoms with Crippen LogP contribution in [-0.2, 0) is 0 Å². The van der Waals surface area contributed by atoms with E-state index in [0.717, 1.165) is 6.54 Å². The van der Waals surface area contributed by atoms with Crippen LogP contribution in [0.25, 0.3) is 0 Å². The molecule has 0 amide bonds. The zero-order chi connectivity index (χ0) is 10.4. The molecule has 2 N–H and O–H groups in total. The summed E-state index contributed by atoms with van der Waals surface area (Å²) in [6.07, 6.45) is 2.15. The van der Waals surface area contributed by atoms with Gasteiger partial charge in [0.15, 0.2) is 0 Å². The fourth-order valence-corrected chi connectivity index (χ4v) is 1.91. The minimum absolute atomic E-state index is 0.295. The van der Waals surface area contributed by atoms with Gasteiger partial charge in [-0.05, 0) is 33.1 Å². The molecule has 0 bridgehead atoms. The summed E-state index contributed by atoms with van der Waals surface area (Å²) in [5, 5.41) is 0. The van der Waals surface area contributed by atoms with E-state index in [2.05, 4.69) is 39.0 Å². The van der Waals surface area contributed by atoms with Crippen molar-refractivity contribution >= 4 is 11.8 Å². The summed E-state index contributed by atoms with van der Waals surface area (Å²) < 4.78 is 0. The van der Waals surface area contributed by atoms with E-state index in [0.29, 0.717) is 18.0 Å². The maximum absolute atomic E-state index is 5.83. The van der Waals surface area contributed by atoms with E-state index in [9.17, 15) is 0 Å². The van der Waals surface area contributed by atoms with Gasteiger partial charge in [-0.1, -0.05) is 6.92 Å². The molecule has 0 aromatic rings. The smallest absolute Gasteiger partial charge is 0.0155 e. The second kappa shape index (κ2) is 6.68. The molecule has 3 heteroatoms. The molecule has 0 saturated heterocycles. The molecular formula is C10H24N2S. The van der Waals surface area contributed by atoms with E-state index >= 15 is 0 Å². The highest BCUT2D eigenvalue weighted by Gasteiger charge is 2.14. The van der Waals surface area contributed by atoms with E-state index < -0.39 is 0 Å². The van der Waals surface area contributed by atoms with Crippen molar-refractivity contribution < 1.29 is 0 Å². The minimum atomic E-state index is 0.295.